The zero-order valence-electron chi connectivity index (χ0n) is 10.8. The van der Waals surface area contributed by atoms with Crippen molar-refractivity contribution in [2.24, 2.45) is 0 Å². The fourth-order valence-corrected chi connectivity index (χ4v) is 2.49. The molecule has 0 aliphatic carbocycles. The topological polar surface area (TPSA) is 50.3 Å². The van der Waals surface area contributed by atoms with Gasteiger partial charge in [-0.25, -0.2) is 0 Å². The molecule has 0 fully saturated rings. The number of aryl methyl sites for hydroxylation is 1. The quantitative estimate of drug-likeness (QED) is 0.798. The highest BCUT2D eigenvalue weighted by atomic mass is 35.5. The van der Waals surface area contributed by atoms with Crippen molar-refractivity contribution < 1.29 is 9.59 Å². The Labute approximate surface area is 121 Å². The third kappa shape index (κ3) is 1.98. The number of halogens is 1. The van der Waals surface area contributed by atoms with Gasteiger partial charge in [-0.3, -0.25) is 19.5 Å². The zero-order valence-corrected chi connectivity index (χ0v) is 11.5. The van der Waals surface area contributed by atoms with Crippen LogP contribution in [0.4, 0.5) is 0 Å². The fraction of sp³-hybridized carbons (Fsp3) is 0.133. The van der Waals surface area contributed by atoms with Crippen molar-refractivity contribution in [3.63, 3.8) is 0 Å². The summed E-state index contributed by atoms with van der Waals surface area (Å²) in [5, 5.41) is 0.460. The maximum Gasteiger partial charge on any atom is 0.261 e. The summed E-state index contributed by atoms with van der Waals surface area (Å²) in [6.45, 7) is 1.97. The average molecular weight is 287 g/mol. The maximum atomic E-state index is 12.2. The van der Waals surface area contributed by atoms with E-state index in [-0.39, 0.29) is 18.4 Å². The average Bonchev–Trinajstić information content (AvgIpc) is 2.67. The third-order valence-electron chi connectivity index (χ3n) is 3.24. The summed E-state index contributed by atoms with van der Waals surface area (Å²) < 4.78 is 0. The lowest BCUT2D eigenvalue weighted by Crippen LogP contribution is -2.29. The summed E-state index contributed by atoms with van der Waals surface area (Å²) in [5.74, 6) is -0.604. The largest absolute Gasteiger partial charge is 0.269 e. The molecule has 0 saturated carbocycles. The van der Waals surface area contributed by atoms with Gasteiger partial charge in [0.25, 0.3) is 11.8 Å². The van der Waals surface area contributed by atoms with Crippen LogP contribution in [-0.4, -0.2) is 21.7 Å². The highest BCUT2D eigenvalue weighted by molar-refractivity contribution is 6.31. The molecule has 100 valence electrons. The number of imide groups is 1. The Morgan fingerprint density at radius 2 is 1.75 bits per heavy atom. The second kappa shape index (κ2) is 4.72. The Hall–Kier alpha value is -2.20. The first kappa shape index (κ1) is 12.8. The molecule has 1 aliphatic rings. The minimum absolute atomic E-state index is 0.0887. The number of carbonyl (C=O) groups excluding carboxylic acids is 2. The lowest BCUT2D eigenvalue weighted by Gasteiger charge is -2.14. The minimum atomic E-state index is -0.302. The normalized spacial score (nSPS) is 13.8. The highest BCUT2D eigenvalue weighted by Gasteiger charge is 2.35. The van der Waals surface area contributed by atoms with Crippen LogP contribution in [0.5, 0.6) is 0 Å². The maximum absolute atomic E-state index is 12.2. The number of hydrogen-bond donors (Lipinski definition) is 0. The van der Waals surface area contributed by atoms with Gasteiger partial charge in [0.2, 0.25) is 0 Å². The van der Waals surface area contributed by atoms with Crippen LogP contribution in [0.3, 0.4) is 0 Å². The molecule has 1 aromatic carbocycles. The lowest BCUT2D eigenvalue weighted by atomic mass is 10.1. The van der Waals surface area contributed by atoms with Crippen LogP contribution in [0.1, 0.15) is 32.0 Å². The summed E-state index contributed by atoms with van der Waals surface area (Å²) in [7, 11) is 0. The standard InChI is InChI=1S/C15H11ClN2O2/c1-9-6-12(16)13(17-7-9)8-18-14(19)10-4-2-3-5-11(10)15(18)20/h2-7H,8H2,1H3. The SMILES string of the molecule is Cc1cnc(CN2C(=O)c3ccccc3C2=O)c(Cl)c1. The van der Waals surface area contributed by atoms with Gasteiger partial charge in [-0.15, -0.1) is 0 Å². The molecule has 3 rings (SSSR count). The number of carbonyl (C=O) groups is 2. The van der Waals surface area contributed by atoms with Gasteiger partial charge >= 0.3 is 0 Å². The minimum Gasteiger partial charge on any atom is -0.269 e. The molecular formula is C15H11ClN2O2. The number of hydrogen-bond acceptors (Lipinski definition) is 3. The predicted octanol–water partition coefficient (Wildman–Crippen LogP) is 2.84. The van der Waals surface area contributed by atoms with E-state index in [1.54, 1.807) is 36.5 Å². The van der Waals surface area contributed by atoms with Crippen LogP contribution >= 0.6 is 11.6 Å². The monoisotopic (exact) mass is 286 g/mol. The van der Waals surface area contributed by atoms with Crippen LogP contribution in [-0.2, 0) is 6.54 Å². The number of nitrogens with zero attached hydrogens (tertiary/aromatic N) is 2. The molecule has 0 unspecified atom stereocenters. The molecule has 0 saturated heterocycles. The van der Waals surface area contributed by atoms with Crippen molar-refractivity contribution in [2.75, 3.05) is 0 Å². The Balaban J connectivity index is 1.94. The first-order chi connectivity index (χ1) is 9.58. The molecule has 0 bridgehead atoms. The van der Waals surface area contributed by atoms with Crippen molar-refractivity contribution in [1.29, 1.82) is 0 Å². The van der Waals surface area contributed by atoms with Gasteiger partial charge in [-0.2, -0.15) is 0 Å². The Morgan fingerprint density at radius 3 is 2.30 bits per heavy atom. The van der Waals surface area contributed by atoms with Crippen LogP contribution in [0.2, 0.25) is 5.02 Å². The zero-order chi connectivity index (χ0) is 14.3. The molecule has 20 heavy (non-hydrogen) atoms. The molecule has 0 atom stereocenters. The first-order valence-electron chi connectivity index (χ1n) is 6.14. The number of pyridine rings is 1. The van der Waals surface area contributed by atoms with E-state index < -0.39 is 0 Å². The molecule has 4 nitrogen and oxygen atoms in total. The number of benzene rings is 1. The first-order valence-corrected chi connectivity index (χ1v) is 6.52. The van der Waals surface area contributed by atoms with Gasteiger partial charge in [-0.1, -0.05) is 23.7 Å². The van der Waals surface area contributed by atoms with Crippen LogP contribution in [0, 0.1) is 6.92 Å². The molecule has 2 heterocycles. The van der Waals surface area contributed by atoms with E-state index >= 15 is 0 Å². The van der Waals surface area contributed by atoms with Crippen molar-refractivity contribution in [1.82, 2.24) is 9.88 Å². The van der Waals surface area contributed by atoms with Gasteiger partial charge in [0, 0.05) is 6.20 Å². The fourth-order valence-electron chi connectivity index (χ4n) is 2.21. The van der Waals surface area contributed by atoms with E-state index in [0.717, 1.165) is 5.56 Å². The van der Waals surface area contributed by atoms with E-state index in [1.165, 1.54) is 4.90 Å². The smallest absolute Gasteiger partial charge is 0.261 e. The molecule has 0 N–H and O–H groups in total. The van der Waals surface area contributed by atoms with Gasteiger partial charge in [0.1, 0.15) is 0 Å². The van der Waals surface area contributed by atoms with Gasteiger partial charge in [0.15, 0.2) is 0 Å². The Morgan fingerprint density at radius 1 is 1.15 bits per heavy atom. The molecule has 1 aliphatic heterocycles. The van der Waals surface area contributed by atoms with Crippen LogP contribution in [0.25, 0.3) is 0 Å². The van der Waals surface area contributed by atoms with E-state index in [4.69, 9.17) is 11.6 Å². The number of fused-ring (bicyclic) bond motifs is 1. The molecule has 2 amide bonds. The van der Waals surface area contributed by atoms with E-state index in [2.05, 4.69) is 4.98 Å². The predicted molar refractivity (Wildman–Crippen MR) is 74.6 cm³/mol. The Kier molecular flexibility index (Phi) is 3.03. The van der Waals surface area contributed by atoms with E-state index in [0.29, 0.717) is 21.8 Å². The molecule has 0 spiro atoms. The molecule has 5 heteroatoms. The van der Waals surface area contributed by atoms with E-state index in [1.807, 2.05) is 6.92 Å². The number of rotatable bonds is 2. The second-order valence-electron chi connectivity index (χ2n) is 4.68. The van der Waals surface area contributed by atoms with Gasteiger partial charge in [0.05, 0.1) is 28.4 Å². The van der Waals surface area contributed by atoms with Crippen molar-refractivity contribution in [3.8, 4) is 0 Å². The Bertz CT molecular complexity index is 693. The number of amides is 2. The third-order valence-corrected chi connectivity index (χ3v) is 3.57. The van der Waals surface area contributed by atoms with Crippen molar-refractivity contribution in [2.45, 2.75) is 13.5 Å². The highest BCUT2D eigenvalue weighted by Crippen LogP contribution is 2.25. The summed E-state index contributed by atoms with van der Waals surface area (Å²) in [6.07, 6.45) is 1.67. The summed E-state index contributed by atoms with van der Waals surface area (Å²) in [4.78, 5) is 29.8. The van der Waals surface area contributed by atoms with E-state index in [9.17, 15) is 9.59 Å². The van der Waals surface area contributed by atoms with Crippen LogP contribution < -0.4 is 0 Å². The van der Waals surface area contributed by atoms with Crippen molar-refractivity contribution >= 4 is 23.4 Å². The van der Waals surface area contributed by atoms with Crippen molar-refractivity contribution in [3.05, 3.63) is 63.9 Å². The lowest BCUT2D eigenvalue weighted by molar-refractivity contribution is 0.0640. The summed E-state index contributed by atoms with van der Waals surface area (Å²) in [5.41, 5.74) is 2.31. The molecular weight excluding hydrogens is 276 g/mol. The second-order valence-corrected chi connectivity index (χ2v) is 5.09. The summed E-state index contributed by atoms with van der Waals surface area (Å²) in [6, 6.07) is 8.55. The van der Waals surface area contributed by atoms with Gasteiger partial charge < -0.3 is 0 Å². The van der Waals surface area contributed by atoms with Crippen LogP contribution in [0.15, 0.2) is 36.5 Å². The van der Waals surface area contributed by atoms with Gasteiger partial charge in [-0.05, 0) is 30.7 Å². The number of aromatic nitrogens is 1. The molecule has 1 aromatic heterocycles. The molecule has 2 aromatic rings. The summed E-state index contributed by atoms with van der Waals surface area (Å²) >= 11 is 6.10. The molecule has 0 radical (unpaired) electrons.